The van der Waals surface area contributed by atoms with Gasteiger partial charge in [-0.15, -0.1) is 0 Å². The van der Waals surface area contributed by atoms with E-state index in [2.05, 4.69) is 5.32 Å². The number of benzene rings is 2. The van der Waals surface area contributed by atoms with Crippen LogP contribution in [0.1, 0.15) is 37.4 Å². The van der Waals surface area contributed by atoms with Gasteiger partial charge in [0.05, 0.1) is 25.6 Å². The van der Waals surface area contributed by atoms with E-state index >= 15 is 0 Å². The van der Waals surface area contributed by atoms with Crippen molar-refractivity contribution >= 4 is 11.9 Å². The smallest absolute Gasteiger partial charge is 0.311 e. The van der Waals surface area contributed by atoms with Crippen LogP contribution in [0.4, 0.5) is 0 Å². The molecule has 0 saturated carbocycles. The molecule has 0 spiro atoms. The average molecular weight is 369 g/mol. The minimum Gasteiger partial charge on any atom is -0.466 e. The van der Waals surface area contributed by atoms with E-state index in [9.17, 15) is 9.59 Å². The minimum absolute atomic E-state index is 0.0337. The first-order valence-corrected chi connectivity index (χ1v) is 9.30. The summed E-state index contributed by atoms with van der Waals surface area (Å²) in [5, 5.41) is 3.43. The van der Waals surface area contributed by atoms with Crippen molar-refractivity contribution in [3.63, 3.8) is 0 Å². The highest BCUT2D eigenvalue weighted by Crippen LogP contribution is 2.27. The molecule has 0 radical (unpaired) electrons. The van der Waals surface area contributed by atoms with Gasteiger partial charge in [0, 0.05) is 12.6 Å². The summed E-state index contributed by atoms with van der Waals surface area (Å²) >= 11 is 0. The predicted molar refractivity (Wildman–Crippen MR) is 104 cm³/mol. The second-order valence-electron chi connectivity index (χ2n) is 6.12. The van der Waals surface area contributed by atoms with Gasteiger partial charge in [-0.3, -0.25) is 9.59 Å². The summed E-state index contributed by atoms with van der Waals surface area (Å²) in [6.07, 6.45) is -0.0337. The molecule has 0 aromatic heterocycles. The summed E-state index contributed by atoms with van der Waals surface area (Å²) in [6, 6.07) is 19.2. The van der Waals surface area contributed by atoms with Crippen molar-refractivity contribution in [3.05, 3.63) is 71.8 Å². The Bertz CT molecular complexity index is 703. The zero-order chi connectivity index (χ0) is 19.5. The molecule has 0 aliphatic carbocycles. The van der Waals surface area contributed by atoms with E-state index in [1.54, 1.807) is 13.8 Å². The average Bonchev–Trinajstić information content (AvgIpc) is 2.69. The molecule has 1 N–H and O–H groups in total. The number of nitrogens with one attached hydrogen (secondary N) is 1. The maximum atomic E-state index is 12.6. The lowest BCUT2D eigenvalue weighted by molar-refractivity contribution is -0.156. The van der Waals surface area contributed by atoms with Crippen molar-refractivity contribution in [1.82, 2.24) is 5.32 Å². The van der Waals surface area contributed by atoms with Crippen molar-refractivity contribution < 1.29 is 19.1 Å². The SMILES string of the molecule is CCOC(=O)CC(C(=O)OCC)C(NCc1ccccc1)c1ccccc1. The molecule has 0 amide bonds. The molecule has 0 heterocycles. The van der Waals surface area contributed by atoms with Crippen LogP contribution in [-0.2, 0) is 25.6 Å². The van der Waals surface area contributed by atoms with Gasteiger partial charge in [-0.1, -0.05) is 60.7 Å². The van der Waals surface area contributed by atoms with Gasteiger partial charge in [0.25, 0.3) is 0 Å². The van der Waals surface area contributed by atoms with E-state index in [0.29, 0.717) is 6.54 Å². The van der Waals surface area contributed by atoms with Crippen LogP contribution < -0.4 is 5.32 Å². The highest BCUT2D eigenvalue weighted by atomic mass is 16.5. The minimum atomic E-state index is -0.671. The lowest BCUT2D eigenvalue weighted by Gasteiger charge is -2.27. The summed E-state index contributed by atoms with van der Waals surface area (Å²) < 4.78 is 10.3. The summed E-state index contributed by atoms with van der Waals surface area (Å²) in [5.74, 6) is -1.48. The van der Waals surface area contributed by atoms with Crippen molar-refractivity contribution in [2.24, 2.45) is 5.92 Å². The molecule has 2 atom stereocenters. The topological polar surface area (TPSA) is 64.6 Å². The number of carbonyl (C=O) groups is 2. The second kappa shape index (κ2) is 11.1. The lowest BCUT2D eigenvalue weighted by atomic mass is 9.90. The Morgan fingerprint density at radius 3 is 2.07 bits per heavy atom. The van der Waals surface area contributed by atoms with Crippen molar-refractivity contribution in [2.45, 2.75) is 32.9 Å². The zero-order valence-electron chi connectivity index (χ0n) is 15.9. The molecule has 2 aromatic carbocycles. The van der Waals surface area contributed by atoms with Crippen LogP contribution in [0.2, 0.25) is 0 Å². The van der Waals surface area contributed by atoms with Crippen LogP contribution in [0, 0.1) is 5.92 Å². The number of hydrogen-bond acceptors (Lipinski definition) is 5. The first-order chi connectivity index (χ1) is 13.2. The van der Waals surface area contributed by atoms with Gasteiger partial charge in [0.1, 0.15) is 0 Å². The molecule has 0 fully saturated rings. The van der Waals surface area contributed by atoms with Crippen molar-refractivity contribution in [1.29, 1.82) is 0 Å². The van der Waals surface area contributed by atoms with Gasteiger partial charge in [-0.05, 0) is 25.0 Å². The summed E-state index contributed by atoms with van der Waals surface area (Å²) in [6.45, 7) is 4.62. The molecule has 144 valence electrons. The quantitative estimate of drug-likeness (QED) is 0.648. The summed E-state index contributed by atoms with van der Waals surface area (Å²) in [5.41, 5.74) is 2.02. The van der Waals surface area contributed by atoms with Gasteiger partial charge in [-0.25, -0.2) is 0 Å². The molecule has 2 aromatic rings. The van der Waals surface area contributed by atoms with E-state index in [-0.39, 0.29) is 25.7 Å². The molecule has 5 nitrogen and oxygen atoms in total. The van der Waals surface area contributed by atoms with Crippen LogP contribution >= 0.6 is 0 Å². The number of esters is 2. The molecule has 2 rings (SSSR count). The zero-order valence-corrected chi connectivity index (χ0v) is 15.9. The highest BCUT2D eigenvalue weighted by molar-refractivity contribution is 5.80. The van der Waals surface area contributed by atoms with Crippen LogP contribution in [0.3, 0.4) is 0 Å². The Labute approximate surface area is 160 Å². The van der Waals surface area contributed by atoms with Crippen molar-refractivity contribution in [2.75, 3.05) is 13.2 Å². The van der Waals surface area contributed by atoms with Crippen LogP contribution in [0.15, 0.2) is 60.7 Å². The van der Waals surface area contributed by atoms with Crippen LogP contribution in [0.5, 0.6) is 0 Å². The van der Waals surface area contributed by atoms with E-state index in [4.69, 9.17) is 9.47 Å². The maximum Gasteiger partial charge on any atom is 0.311 e. The Balaban J connectivity index is 2.27. The molecular formula is C22H27NO4. The Morgan fingerprint density at radius 1 is 0.889 bits per heavy atom. The number of rotatable bonds is 10. The summed E-state index contributed by atoms with van der Waals surface area (Å²) in [7, 11) is 0. The maximum absolute atomic E-state index is 12.6. The lowest BCUT2D eigenvalue weighted by Crippen LogP contribution is -2.35. The van der Waals surface area contributed by atoms with Gasteiger partial charge >= 0.3 is 11.9 Å². The van der Waals surface area contributed by atoms with E-state index in [0.717, 1.165) is 11.1 Å². The Kier molecular flexibility index (Phi) is 8.52. The predicted octanol–water partition coefficient (Wildman–Crippen LogP) is 3.65. The monoisotopic (exact) mass is 369 g/mol. The number of hydrogen-bond donors (Lipinski definition) is 1. The highest BCUT2D eigenvalue weighted by Gasteiger charge is 2.33. The summed E-state index contributed by atoms with van der Waals surface area (Å²) in [4.78, 5) is 24.8. The van der Waals surface area contributed by atoms with E-state index < -0.39 is 17.9 Å². The molecule has 0 saturated heterocycles. The fourth-order valence-electron chi connectivity index (χ4n) is 2.96. The Morgan fingerprint density at radius 2 is 1.48 bits per heavy atom. The second-order valence-corrected chi connectivity index (χ2v) is 6.12. The van der Waals surface area contributed by atoms with Gasteiger partial charge < -0.3 is 14.8 Å². The molecule has 0 aliphatic rings. The third-order valence-corrected chi connectivity index (χ3v) is 4.21. The normalized spacial score (nSPS) is 12.8. The third-order valence-electron chi connectivity index (χ3n) is 4.21. The third kappa shape index (κ3) is 6.53. The van der Waals surface area contributed by atoms with Crippen LogP contribution in [0.25, 0.3) is 0 Å². The standard InChI is InChI=1S/C22H27NO4/c1-3-26-20(24)15-19(22(25)27-4-2)21(18-13-9-6-10-14-18)23-16-17-11-7-5-8-12-17/h5-14,19,21,23H,3-4,15-16H2,1-2H3. The van der Waals surface area contributed by atoms with E-state index in [1.165, 1.54) is 0 Å². The number of ether oxygens (including phenoxy) is 2. The first-order valence-electron chi connectivity index (χ1n) is 9.30. The van der Waals surface area contributed by atoms with Gasteiger partial charge in [0.15, 0.2) is 0 Å². The fraction of sp³-hybridized carbons (Fsp3) is 0.364. The van der Waals surface area contributed by atoms with E-state index in [1.807, 2.05) is 60.7 Å². The van der Waals surface area contributed by atoms with Gasteiger partial charge in [-0.2, -0.15) is 0 Å². The molecule has 5 heteroatoms. The first kappa shape index (κ1) is 20.6. The molecule has 2 unspecified atom stereocenters. The van der Waals surface area contributed by atoms with Crippen molar-refractivity contribution in [3.8, 4) is 0 Å². The number of carbonyl (C=O) groups excluding carboxylic acids is 2. The molecule has 0 bridgehead atoms. The van der Waals surface area contributed by atoms with Gasteiger partial charge in [0.2, 0.25) is 0 Å². The molecular weight excluding hydrogens is 342 g/mol. The molecule has 27 heavy (non-hydrogen) atoms. The Hall–Kier alpha value is -2.66. The largest absolute Gasteiger partial charge is 0.466 e. The van der Waals surface area contributed by atoms with Crippen LogP contribution in [-0.4, -0.2) is 25.2 Å². The fourth-order valence-corrected chi connectivity index (χ4v) is 2.96. The molecule has 0 aliphatic heterocycles.